The molecule has 1 rings (SSSR count). The van der Waals surface area contributed by atoms with Gasteiger partial charge in [-0.15, -0.1) is 0 Å². The number of carbonyl (C=O) groups is 1. The van der Waals surface area contributed by atoms with Crippen LogP contribution in [0.25, 0.3) is 0 Å². The summed E-state index contributed by atoms with van der Waals surface area (Å²) in [5.41, 5.74) is 0.365. The largest absolute Gasteiger partial charge is 1.00 e. The molecule has 0 atom stereocenters. The van der Waals surface area contributed by atoms with Crippen molar-refractivity contribution in [1.82, 2.24) is 0 Å². The molecule has 0 aromatic heterocycles. The van der Waals surface area contributed by atoms with E-state index in [4.69, 9.17) is 0 Å². The molecule has 0 amide bonds. The fourth-order valence-electron chi connectivity index (χ4n) is 0.937. The predicted octanol–water partition coefficient (Wildman–Crippen LogP) is -2.65. The molecule has 0 heterocycles. The van der Waals surface area contributed by atoms with Crippen LogP contribution in [0.5, 0.6) is 0 Å². The van der Waals surface area contributed by atoms with Gasteiger partial charge in [0.2, 0.25) is 0 Å². The second kappa shape index (κ2) is 6.21. The van der Waals surface area contributed by atoms with Crippen molar-refractivity contribution < 1.29 is 52.1 Å². The van der Waals surface area contributed by atoms with E-state index in [0.29, 0.717) is 0 Å². The molecule has 0 fully saturated rings. The van der Waals surface area contributed by atoms with Crippen molar-refractivity contribution >= 4 is 22.0 Å². The van der Waals surface area contributed by atoms with Gasteiger partial charge < -0.3 is 9.29 Å². The first kappa shape index (κ1) is 15.4. The molecule has 0 aliphatic carbocycles. The number of hydrogen-bond acceptors (Lipinski definition) is 5. The van der Waals surface area contributed by atoms with Crippen LogP contribution < -0.4 is 34.3 Å². The Labute approximate surface area is 115 Å². The molecule has 0 aliphatic heterocycles. The number of carbonyl (C=O) groups excluding carboxylic acids is 1. The maximum Gasteiger partial charge on any atom is 1.00 e. The molecule has 16 heavy (non-hydrogen) atoms. The van der Waals surface area contributed by atoms with Crippen molar-refractivity contribution in [2.75, 3.05) is 11.8 Å². The van der Waals surface area contributed by atoms with E-state index >= 15 is 0 Å². The first-order valence-corrected chi connectivity index (χ1v) is 5.25. The van der Waals surface area contributed by atoms with Crippen LogP contribution in [0.2, 0.25) is 0 Å². The Morgan fingerprint density at radius 1 is 1.31 bits per heavy atom. The summed E-state index contributed by atoms with van der Waals surface area (Å²) in [5.74, 6) is -0.536. The molecular formula is C8H8NNaO5S. The number of nitrogens with one attached hydrogen (secondary N) is 1. The molecular weight excluding hydrogens is 245 g/mol. The van der Waals surface area contributed by atoms with Crippen LogP contribution in [-0.2, 0) is 15.0 Å². The Morgan fingerprint density at radius 2 is 1.81 bits per heavy atom. The van der Waals surface area contributed by atoms with Crippen LogP contribution in [0.3, 0.4) is 0 Å². The van der Waals surface area contributed by atoms with E-state index in [-0.39, 0.29) is 40.8 Å². The molecule has 0 saturated carbocycles. The zero-order valence-corrected chi connectivity index (χ0v) is 11.6. The second-order valence-electron chi connectivity index (χ2n) is 2.63. The van der Waals surface area contributed by atoms with Gasteiger partial charge in [0.15, 0.2) is 10.3 Å². The smallest absolute Gasteiger partial charge is 0.731 e. The Morgan fingerprint density at radius 3 is 2.19 bits per heavy atom. The first-order chi connectivity index (χ1) is 6.92. The second-order valence-corrected chi connectivity index (χ2v) is 3.74. The van der Waals surface area contributed by atoms with Crippen molar-refractivity contribution in [2.24, 2.45) is 0 Å². The summed E-state index contributed by atoms with van der Waals surface area (Å²) >= 11 is 0. The maximum atomic E-state index is 11.0. The molecule has 82 valence electrons. The van der Waals surface area contributed by atoms with Crippen LogP contribution in [0.15, 0.2) is 24.3 Å². The number of benzene rings is 1. The van der Waals surface area contributed by atoms with Gasteiger partial charge in [-0.1, -0.05) is 0 Å². The fraction of sp³-hybridized carbons (Fsp3) is 0.125. The molecule has 0 spiro atoms. The van der Waals surface area contributed by atoms with Gasteiger partial charge in [-0.05, 0) is 24.3 Å². The number of anilines is 1. The van der Waals surface area contributed by atoms with E-state index in [2.05, 4.69) is 4.74 Å². The average Bonchev–Trinajstić information content (AvgIpc) is 2.15. The number of methoxy groups -OCH3 is 1. The normalized spacial score (nSPS) is 10.1. The van der Waals surface area contributed by atoms with Crippen LogP contribution in [0, 0.1) is 0 Å². The van der Waals surface area contributed by atoms with Gasteiger partial charge in [0, 0.05) is 5.69 Å². The first-order valence-electron chi connectivity index (χ1n) is 3.84. The minimum atomic E-state index is -4.53. The zero-order chi connectivity index (χ0) is 11.5. The summed E-state index contributed by atoms with van der Waals surface area (Å²) in [6.07, 6.45) is 0. The quantitative estimate of drug-likeness (QED) is 0.360. The number of esters is 1. The van der Waals surface area contributed by atoms with E-state index < -0.39 is 16.3 Å². The van der Waals surface area contributed by atoms with Crippen molar-refractivity contribution in [1.29, 1.82) is 0 Å². The third-order valence-electron chi connectivity index (χ3n) is 1.55. The van der Waals surface area contributed by atoms with E-state index in [0.717, 1.165) is 0 Å². The molecule has 8 heteroatoms. The van der Waals surface area contributed by atoms with Gasteiger partial charge in [-0.25, -0.2) is 13.2 Å². The van der Waals surface area contributed by atoms with Gasteiger partial charge >= 0.3 is 35.5 Å². The van der Waals surface area contributed by atoms with E-state index in [1.165, 1.54) is 31.4 Å². The van der Waals surface area contributed by atoms with Crippen molar-refractivity contribution in [3.05, 3.63) is 29.8 Å². The van der Waals surface area contributed by atoms with E-state index in [1.54, 1.807) is 4.72 Å². The summed E-state index contributed by atoms with van der Waals surface area (Å²) in [4.78, 5) is 11.0. The van der Waals surface area contributed by atoms with Gasteiger partial charge in [-0.3, -0.25) is 4.72 Å². The van der Waals surface area contributed by atoms with Crippen molar-refractivity contribution in [3.8, 4) is 0 Å². The molecule has 0 radical (unpaired) electrons. The maximum absolute atomic E-state index is 11.0. The standard InChI is InChI=1S/C8H9NO5S.Na/c1-14-8(10)6-2-4-7(5-3-6)9-15(11,12)13;/h2-5,9H,1H3,(H,11,12,13);/q;+1/p-1. The van der Waals surface area contributed by atoms with Crippen molar-refractivity contribution in [3.63, 3.8) is 0 Å². The van der Waals surface area contributed by atoms with Gasteiger partial charge in [0.25, 0.3) is 0 Å². The molecule has 6 nitrogen and oxygen atoms in total. The molecule has 1 aromatic carbocycles. The summed E-state index contributed by atoms with van der Waals surface area (Å²) < 4.78 is 37.1. The predicted molar refractivity (Wildman–Crippen MR) is 51.1 cm³/mol. The third kappa shape index (κ3) is 4.95. The number of rotatable bonds is 3. The fourth-order valence-corrected chi connectivity index (χ4v) is 1.36. The monoisotopic (exact) mass is 253 g/mol. The van der Waals surface area contributed by atoms with Crippen LogP contribution in [0.1, 0.15) is 10.4 Å². The summed E-state index contributed by atoms with van der Waals surface area (Å²) in [6.45, 7) is 0. The van der Waals surface area contributed by atoms with Gasteiger partial charge in [0.05, 0.1) is 12.7 Å². The van der Waals surface area contributed by atoms with Gasteiger partial charge in [0.1, 0.15) is 0 Å². The molecule has 1 N–H and O–H groups in total. The zero-order valence-electron chi connectivity index (χ0n) is 8.76. The molecule has 0 saturated heterocycles. The van der Waals surface area contributed by atoms with Gasteiger partial charge in [-0.2, -0.15) is 0 Å². The number of hydrogen-bond donors (Lipinski definition) is 1. The van der Waals surface area contributed by atoms with E-state index in [1.807, 2.05) is 0 Å². The van der Waals surface area contributed by atoms with E-state index in [9.17, 15) is 17.8 Å². The van der Waals surface area contributed by atoms with Crippen molar-refractivity contribution in [2.45, 2.75) is 0 Å². The molecule has 1 aromatic rings. The summed E-state index contributed by atoms with van der Waals surface area (Å²) in [6, 6.07) is 5.28. The van der Waals surface area contributed by atoms with Crippen LogP contribution in [0.4, 0.5) is 5.69 Å². The Kier molecular flexibility index (Phi) is 5.98. The topological polar surface area (TPSA) is 95.5 Å². The minimum absolute atomic E-state index is 0. The number of ether oxygens (including phenoxy) is 1. The molecule has 0 unspecified atom stereocenters. The Balaban J connectivity index is 0.00000225. The van der Waals surface area contributed by atoms with Crippen LogP contribution in [-0.4, -0.2) is 26.0 Å². The third-order valence-corrected chi connectivity index (χ3v) is 2.03. The average molecular weight is 253 g/mol. The SMILES string of the molecule is COC(=O)c1ccc(NS(=O)(=O)[O-])cc1.[Na+]. The minimum Gasteiger partial charge on any atom is -0.731 e. The molecule has 0 aliphatic rings. The molecule has 0 bridgehead atoms. The van der Waals surface area contributed by atoms with Crippen LogP contribution >= 0.6 is 0 Å². The summed E-state index contributed by atoms with van der Waals surface area (Å²) in [5, 5.41) is 0. The summed E-state index contributed by atoms with van der Waals surface area (Å²) in [7, 11) is -3.30. The Bertz CT molecular complexity index is 456. The Hall–Kier alpha value is -0.600.